The van der Waals surface area contributed by atoms with Gasteiger partial charge in [-0.05, 0) is 31.0 Å². The third-order valence-corrected chi connectivity index (χ3v) is 4.23. The summed E-state index contributed by atoms with van der Waals surface area (Å²) >= 11 is 0. The van der Waals surface area contributed by atoms with Gasteiger partial charge < -0.3 is 10.6 Å². The Balaban J connectivity index is 1.75. The smallest absolute Gasteiger partial charge is 0.0537 e. The summed E-state index contributed by atoms with van der Waals surface area (Å²) in [5.74, 6) is 0. The Morgan fingerprint density at radius 3 is 3.05 bits per heavy atom. The molecule has 106 valence electrons. The van der Waals surface area contributed by atoms with Gasteiger partial charge in [0.1, 0.15) is 0 Å². The Labute approximate surface area is 120 Å². The van der Waals surface area contributed by atoms with Gasteiger partial charge in [0.05, 0.1) is 6.20 Å². The number of rotatable bonds is 3. The summed E-state index contributed by atoms with van der Waals surface area (Å²) in [6, 6.07) is 9.14. The molecule has 2 heterocycles. The lowest BCUT2D eigenvalue weighted by Gasteiger charge is -2.19. The van der Waals surface area contributed by atoms with Crippen molar-refractivity contribution in [2.45, 2.75) is 32.5 Å². The topological polar surface area (TPSA) is 41.9 Å². The van der Waals surface area contributed by atoms with E-state index in [4.69, 9.17) is 0 Å². The van der Waals surface area contributed by atoms with E-state index in [1.807, 2.05) is 17.9 Å². The average Bonchev–Trinajstić information content (AvgIpc) is 2.68. The number of hydrogen-bond acceptors (Lipinski definition) is 3. The van der Waals surface area contributed by atoms with Gasteiger partial charge in [0.15, 0.2) is 0 Å². The Hall–Kier alpha value is -1.65. The largest absolute Gasteiger partial charge is 0.313 e. The lowest BCUT2D eigenvalue weighted by Crippen LogP contribution is -2.23. The second-order valence-corrected chi connectivity index (χ2v) is 5.48. The van der Waals surface area contributed by atoms with Gasteiger partial charge in [0.25, 0.3) is 0 Å². The minimum Gasteiger partial charge on any atom is -0.313 e. The molecule has 1 aliphatic rings. The maximum absolute atomic E-state index is 4.31. The number of aromatic nitrogens is 2. The predicted molar refractivity (Wildman–Crippen MR) is 80.3 cm³/mol. The Kier molecular flexibility index (Phi) is 3.85. The van der Waals surface area contributed by atoms with Crippen LogP contribution in [0.3, 0.4) is 0 Å². The quantitative estimate of drug-likeness (QED) is 0.897. The number of benzene rings is 1. The minimum atomic E-state index is 0.417. The van der Waals surface area contributed by atoms with Gasteiger partial charge in [0.2, 0.25) is 0 Å². The summed E-state index contributed by atoms with van der Waals surface area (Å²) in [5, 5.41) is 11.5. The van der Waals surface area contributed by atoms with Crippen molar-refractivity contribution in [1.29, 1.82) is 0 Å². The fraction of sp³-hybridized carbons (Fsp3) is 0.438. The minimum absolute atomic E-state index is 0.417. The summed E-state index contributed by atoms with van der Waals surface area (Å²) in [6.45, 7) is 5.02. The molecular formula is C16H22N4. The van der Waals surface area contributed by atoms with Crippen molar-refractivity contribution >= 4 is 0 Å². The van der Waals surface area contributed by atoms with Crippen LogP contribution >= 0.6 is 0 Å². The highest BCUT2D eigenvalue weighted by Crippen LogP contribution is 2.24. The summed E-state index contributed by atoms with van der Waals surface area (Å²) in [4.78, 5) is 0. The number of aryl methyl sites for hydroxylation is 1. The molecule has 1 atom stereocenters. The average molecular weight is 270 g/mol. The van der Waals surface area contributed by atoms with E-state index in [9.17, 15) is 0 Å². The maximum atomic E-state index is 4.31. The first-order valence-electron chi connectivity index (χ1n) is 7.25. The number of nitrogens with zero attached hydrogens (tertiary/aromatic N) is 2. The molecule has 20 heavy (non-hydrogen) atoms. The second kappa shape index (κ2) is 5.77. The van der Waals surface area contributed by atoms with Crippen LogP contribution in [0.2, 0.25) is 0 Å². The molecule has 2 aromatic rings. The van der Waals surface area contributed by atoms with Crippen molar-refractivity contribution in [3.63, 3.8) is 0 Å². The summed E-state index contributed by atoms with van der Waals surface area (Å²) < 4.78 is 1.93. The molecule has 1 unspecified atom stereocenters. The van der Waals surface area contributed by atoms with E-state index in [2.05, 4.69) is 46.9 Å². The molecular weight excluding hydrogens is 248 g/mol. The molecule has 0 spiro atoms. The molecule has 0 saturated heterocycles. The van der Waals surface area contributed by atoms with Gasteiger partial charge in [-0.25, -0.2) is 0 Å². The highest BCUT2D eigenvalue weighted by molar-refractivity contribution is 5.31. The van der Waals surface area contributed by atoms with E-state index in [1.54, 1.807) is 0 Å². The first-order valence-corrected chi connectivity index (χ1v) is 7.25. The molecule has 0 bridgehead atoms. The molecule has 0 fully saturated rings. The van der Waals surface area contributed by atoms with Crippen LogP contribution in [0.15, 0.2) is 30.5 Å². The Bertz CT molecular complexity index is 588. The zero-order chi connectivity index (χ0) is 13.9. The van der Waals surface area contributed by atoms with E-state index in [0.717, 1.165) is 26.1 Å². The van der Waals surface area contributed by atoms with Crippen LogP contribution in [-0.2, 0) is 20.1 Å². The molecule has 0 saturated carbocycles. The zero-order valence-electron chi connectivity index (χ0n) is 12.2. The van der Waals surface area contributed by atoms with Gasteiger partial charge >= 0.3 is 0 Å². The summed E-state index contributed by atoms with van der Waals surface area (Å²) in [6.07, 6.45) is 3.08. The van der Waals surface area contributed by atoms with Crippen molar-refractivity contribution in [3.8, 4) is 0 Å². The summed E-state index contributed by atoms with van der Waals surface area (Å²) in [5.41, 5.74) is 5.35. The monoisotopic (exact) mass is 270 g/mol. The van der Waals surface area contributed by atoms with Gasteiger partial charge in [-0.3, -0.25) is 4.68 Å². The van der Waals surface area contributed by atoms with Crippen LogP contribution in [0.5, 0.6) is 0 Å². The fourth-order valence-corrected chi connectivity index (χ4v) is 2.82. The molecule has 1 aliphatic heterocycles. The first kappa shape index (κ1) is 13.3. The molecule has 2 N–H and O–H groups in total. The predicted octanol–water partition coefficient (Wildman–Crippen LogP) is 2.05. The molecule has 4 heteroatoms. The lowest BCUT2D eigenvalue weighted by molar-refractivity contribution is 0.495. The normalized spacial score (nSPS) is 18.6. The van der Waals surface area contributed by atoms with Crippen LogP contribution < -0.4 is 10.6 Å². The molecule has 4 nitrogen and oxygen atoms in total. The maximum Gasteiger partial charge on any atom is 0.0537 e. The number of nitrogens with one attached hydrogen (secondary N) is 2. The van der Waals surface area contributed by atoms with E-state index >= 15 is 0 Å². The van der Waals surface area contributed by atoms with Crippen LogP contribution in [0.1, 0.15) is 34.8 Å². The van der Waals surface area contributed by atoms with Crippen LogP contribution in [0.4, 0.5) is 0 Å². The highest BCUT2D eigenvalue weighted by Gasteiger charge is 2.17. The van der Waals surface area contributed by atoms with Crippen molar-refractivity contribution in [2.24, 2.45) is 7.05 Å². The molecule has 0 aliphatic carbocycles. The van der Waals surface area contributed by atoms with Gasteiger partial charge in [-0.15, -0.1) is 0 Å². The van der Waals surface area contributed by atoms with Crippen LogP contribution in [-0.4, -0.2) is 16.3 Å². The third kappa shape index (κ3) is 2.62. The molecule has 0 amide bonds. The highest BCUT2D eigenvalue weighted by atomic mass is 15.3. The van der Waals surface area contributed by atoms with E-state index < -0.39 is 0 Å². The van der Waals surface area contributed by atoms with Crippen molar-refractivity contribution < 1.29 is 0 Å². The van der Waals surface area contributed by atoms with Gasteiger partial charge in [0, 0.05) is 37.4 Å². The molecule has 1 aromatic heterocycles. The molecule has 0 radical (unpaired) electrons. The molecule has 3 rings (SSSR count). The SMILES string of the molecule is Cc1c(CNC2CCNCc3ccccc32)cnn1C. The molecule has 1 aromatic carbocycles. The lowest BCUT2D eigenvalue weighted by atomic mass is 9.99. The van der Waals surface area contributed by atoms with Crippen molar-refractivity contribution in [1.82, 2.24) is 20.4 Å². The van der Waals surface area contributed by atoms with E-state index in [0.29, 0.717) is 6.04 Å². The number of fused-ring (bicyclic) bond motifs is 1. The van der Waals surface area contributed by atoms with E-state index in [-0.39, 0.29) is 0 Å². The van der Waals surface area contributed by atoms with Gasteiger partial charge in [-0.1, -0.05) is 24.3 Å². The van der Waals surface area contributed by atoms with Crippen molar-refractivity contribution in [3.05, 3.63) is 52.8 Å². The zero-order valence-corrected chi connectivity index (χ0v) is 12.2. The Morgan fingerprint density at radius 2 is 2.25 bits per heavy atom. The Morgan fingerprint density at radius 1 is 1.40 bits per heavy atom. The van der Waals surface area contributed by atoms with Gasteiger partial charge in [-0.2, -0.15) is 5.10 Å². The first-order chi connectivity index (χ1) is 9.75. The standard InChI is InChI=1S/C16H22N4/c1-12-14(11-19-20(12)2)10-18-16-7-8-17-9-13-5-3-4-6-15(13)16/h3-6,11,16-18H,7-10H2,1-2H3. The van der Waals surface area contributed by atoms with Crippen molar-refractivity contribution in [2.75, 3.05) is 6.54 Å². The third-order valence-electron chi connectivity index (χ3n) is 4.23. The summed E-state index contributed by atoms with van der Waals surface area (Å²) in [7, 11) is 1.99. The fourth-order valence-electron chi connectivity index (χ4n) is 2.82. The van der Waals surface area contributed by atoms with Crippen LogP contribution in [0, 0.1) is 6.92 Å². The van der Waals surface area contributed by atoms with E-state index in [1.165, 1.54) is 22.4 Å². The second-order valence-electron chi connectivity index (χ2n) is 5.48. The number of hydrogen-bond donors (Lipinski definition) is 2. The van der Waals surface area contributed by atoms with Crippen LogP contribution in [0.25, 0.3) is 0 Å².